The van der Waals surface area contributed by atoms with E-state index >= 15 is 0 Å². The van der Waals surface area contributed by atoms with Crippen LogP contribution >= 0.6 is 15.9 Å². The monoisotopic (exact) mass is 297 g/mol. The summed E-state index contributed by atoms with van der Waals surface area (Å²) in [7, 11) is 0. The number of carbonyl (C=O) groups is 1. The van der Waals surface area contributed by atoms with Crippen LogP contribution in [-0.2, 0) is 4.74 Å². The number of rotatable bonds is 2. The molecule has 1 aromatic rings. The number of halogens is 1. The van der Waals surface area contributed by atoms with Crippen LogP contribution in [-0.4, -0.2) is 24.7 Å². The Labute approximate surface area is 110 Å². The molecule has 1 amide bonds. The lowest BCUT2D eigenvalue weighted by atomic mass is 10.1. The molecule has 0 aromatic heterocycles. The molecule has 1 fully saturated rings. The van der Waals surface area contributed by atoms with E-state index in [-0.39, 0.29) is 18.1 Å². The summed E-state index contributed by atoms with van der Waals surface area (Å²) < 4.78 is 6.35. The number of hydrogen-bond acceptors (Lipinski definition) is 2. The van der Waals surface area contributed by atoms with Crippen LogP contribution in [0.1, 0.15) is 29.3 Å². The lowest BCUT2D eigenvalue weighted by Gasteiger charge is -2.16. The number of benzene rings is 1. The van der Waals surface area contributed by atoms with Crippen molar-refractivity contribution in [1.29, 1.82) is 0 Å². The Hall–Kier alpha value is -0.870. The topological polar surface area (TPSA) is 38.3 Å². The molecule has 0 unspecified atom stereocenters. The summed E-state index contributed by atoms with van der Waals surface area (Å²) in [5.74, 6) is -0.0308. The first-order valence-corrected chi connectivity index (χ1v) is 6.55. The van der Waals surface area contributed by atoms with Gasteiger partial charge in [-0.2, -0.15) is 0 Å². The molecule has 2 rings (SSSR count). The third-order valence-electron chi connectivity index (χ3n) is 3.00. The van der Waals surface area contributed by atoms with Gasteiger partial charge in [0.05, 0.1) is 12.1 Å². The molecular weight excluding hydrogens is 282 g/mol. The van der Waals surface area contributed by atoms with E-state index in [4.69, 9.17) is 4.74 Å². The highest BCUT2D eigenvalue weighted by Gasteiger charge is 2.25. The van der Waals surface area contributed by atoms with Crippen molar-refractivity contribution in [2.75, 3.05) is 6.61 Å². The smallest absolute Gasteiger partial charge is 0.251 e. The number of aryl methyl sites for hydroxylation is 1. The zero-order valence-electron chi connectivity index (χ0n) is 10.00. The zero-order chi connectivity index (χ0) is 12.4. The van der Waals surface area contributed by atoms with Crippen molar-refractivity contribution >= 4 is 21.8 Å². The van der Waals surface area contributed by atoms with Crippen LogP contribution in [0.5, 0.6) is 0 Å². The molecule has 1 heterocycles. The van der Waals surface area contributed by atoms with Crippen molar-refractivity contribution < 1.29 is 9.53 Å². The molecule has 0 radical (unpaired) electrons. The first-order chi connectivity index (χ1) is 8.06. The Morgan fingerprint density at radius 2 is 2.24 bits per heavy atom. The minimum atomic E-state index is -0.0308. The second-order valence-corrected chi connectivity index (χ2v) is 5.38. The Morgan fingerprint density at radius 1 is 1.47 bits per heavy atom. The Balaban J connectivity index is 2.09. The second-order valence-electron chi connectivity index (χ2n) is 4.46. The highest BCUT2D eigenvalue weighted by molar-refractivity contribution is 9.10. The van der Waals surface area contributed by atoms with Crippen molar-refractivity contribution in [2.45, 2.75) is 32.4 Å². The maximum atomic E-state index is 12.1. The summed E-state index contributed by atoms with van der Waals surface area (Å²) in [6, 6.07) is 5.84. The molecule has 4 heteroatoms. The lowest BCUT2D eigenvalue weighted by Crippen LogP contribution is -2.39. The van der Waals surface area contributed by atoms with Crippen LogP contribution in [0.15, 0.2) is 22.7 Å². The van der Waals surface area contributed by atoms with Gasteiger partial charge in [0.1, 0.15) is 0 Å². The van der Waals surface area contributed by atoms with Gasteiger partial charge in [-0.1, -0.05) is 15.9 Å². The normalized spacial score (nSPS) is 23.7. The summed E-state index contributed by atoms with van der Waals surface area (Å²) in [4.78, 5) is 12.1. The van der Waals surface area contributed by atoms with Gasteiger partial charge in [-0.3, -0.25) is 4.79 Å². The number of carbonyl (C=O) groups excluding carboxylic acids is 1. The predicted octanol–water partition coefficient (Wildman–Crippen LogP) is 2.66. The van der Waals surface area contributed by atoms with Gasteiger partial charge >= 0.3 is 0 Å². The van der Waals surface area contributed by atoms with E-state index in [1.165, 1.54) is 0 Å². The van der Waals surface area contributed by atoms with Crippen LogP contribution in [0.3, 0.4) is 0 Å². The second kappa shape index (κ2) is 5.19. The molecule has 0 bridgehead atoms. The molecule has 1 aromatic carbocycles. The van der Waals surface area contributed by atoms with Crippen molar-refractivity contribution in [3.63, 3.8) is 0 Å². The third-order valence-corrected chi connectivity index (χ3v) is 3.45. The van der Waals surface area contributed by atoms with Gasteiger partial charge in [0.25, 0.3) is 5.91 Å². The van der Waals surface area contributed by atoms with Crippen molar-refractivity contribution in [3.05, 3.63) is 33.8 Å². The van der Waals surface area contributed by atoms with E-state index in [2.05, 4.69) is 21.2 Å². The van der Waals surface area contributed by atoms with E-state index in [1.807, 2.05) is 32.0 Å². The first kappa shape index (κ1) is 12.6. The number of hydrogen-bond donors (Lipinski definition) is 1. The Bertz CT molecular complexity index is 413. The lowest BCUT2D eigenvalue weighted by molar-refractivity contribution is 0.0866. The van der Waals surface area contributed by atoms with E-state index < -0.39 is 0 Å². The van der Waals surface area contributed by atoms with Gasteiger partial charge in [-0.05, 0) is 44.0 Å². The number of nitrogens with one attached hydrogen (secondary N) is 1. The highest BCUT2D eigenvalue weighted by atomic mass is 79.9. The summed E-state index contributed by atoms with van der Waals surface area (Å²) >= 11 is 3.40. The molecule has 1 N–H and O–H groups in total. The quantitative estimate of drug-likeness (QED) is 0.911. The minimum absolute atomic E-state index is 0.0308. The average molecular weight is 298 g/mol. The first-order valence-electron chi connectivity index (χ1n) is 5.76. The van der Waals surface area contributed by atoms with E-state index in [0.29, 0.717) is 5.56 Å². The van der Waals surface area contributed by atoms with Crippen molar-refractivity contribution in [1.82, 2.24) is 5.32 Å². The molecule has 0 saturated carbocycles. The van der Waals surface area contributed by atoms with Crippen LogP contribution in [0.4, 0.5) is 0 Å². The maximum absolute atomic E-state index is 12.1. The standard InChI is InChI=1S/C13H16BrNO2/c1-8-5-10(7-11(14)6-8)13(16)15-12-3-4-17-9(12)2/h5-7,9,12H,3-4H2,1-2H3,(H,15,16)/t9-,12+/m1/s1. The third kappa shape index (κ3) is 3.07. The fraction of sp³-hybridized carbons (Fsp3) is 0.462. The highest BCUT2D eigenvalue weighted by Crippen LogP contribution is 2.17. The molecule has 1 aliphatic rings. The molecule has 17 heavy (non-hydrogen) atoms. The fourth-order valence-corrected chi connectivity index (χ4v) is 2.65. The average Bonchev–Trinajstić information content (AvgIpc) is 2.63. The van der Waals surface area contributed by atoms with Gasteiger partial charge < -0.3 is 10.1 Å². The SMILES string of the molecule is Cc1cc(Br)cc(C(=O)N[C@H]2CCO[C@@H]2C)c1. The van der Waals surface area contributed by atoms with Crippen molar-refractivity contribution in [2.24, 2.45) is 0 Å². The predicted molar refractivity (Wildman–Crippen MR) is 70.2 cm³/mol. The summed E-state index contributed by atoms with van der Waals surface area (Å²) in [5, 5.41) is 3.01. The summed E-state index contributed by atoms with van der Waals surface area (Å²) in [5.41, 5.74) is 1.76. The zero-order valence-corrected chi connectivity index (χ0v) is 11.6. The molecule has 0 spiro atoms. The van der Waals surface area contributed by atoms with Gasteiger partial charge in [0.15, 0.2) is 0 Å². The molecule has 3 nitrogen and oxygen atoms in total. The summed E-state index contributed by atoms with van der Waals surface area (Å²) in [6.45, 7) is 4.69. The maximum Gasteiger partial charge on any atom is 0.251 e. The Morgan fingerprint density at radius 3 is 2.82 bits per heavy atom. The van der Waals surface area contributed by atoms with Gasteiger partial charge in [-0.15, -0.1) is 0 Å². The van der Waals surface area contributed by atoms with Crippen LogP contribution in [0.25, 0.3) is 0 Å². The van der Waals surface area contributed by atoms with Crippen molar-refractivity contribution in [3.8, 4) is 0 Å². The molecule has 1 aliphatic heterocycles. The van der Waals surface area contributed by atoms with E-state index in [1.54, 1.807) is 0 Å². The summed E-state index contributed by atoms with van der Waals surface area (Å²) in [6.07, 6.45) is 0.993. The van der Waals surface area contributed by atoms with E-state index in [0.717, 1.165) is 23.1 Å². The van der Waals surface area contributed by atoms with Crippen LogP contribution in [0.2, 0.25) is 0 Å². The van der Waals surface area contributed by atoms with Crippen LogP contribution < -0.4 is 5.32 Å². The largest absolute Gasteiger partial charge is 0.376 e. The van der Waals surface area contributed by atoms with Crippen LogP contribution in [0, 0.1) is 6.92 Å². The molecule has 2 atom stereocenters. The van der Waals surface area contributed by atoms with Gasteiger partial charge in [0.2, 0.25) is 0 Å². The number of amides is 1. The molecule has 0 aliphatic carbocycles. The minimum Gasteiger partial charge on any atom is -0.376 e. The molecular formula is C13H16BrNO2. The fourth-order valence-electron chi connectivity index (χ4n) is 2.04. The number of ether oxygens (including phenoxy) is 1. The van der Waals surface area contributed by atoms with E-state index in [9.17, 15) is 4.79 Å². The van der Waals surface area contributed by atoms with Gasteiger partial charge in [0, 0.05) is 16.6 Å². The molecule has 1 saturated heterocycles. The molecule has 92 valence electrons. The van der Waals surface area contributed by atoms with Gasteiger partial charge in [-0.25, -0.2) is 0 Å². The Kier molecular flexibility index (Phi) is 3.84.